The highest BCUT2D eigenvalue weighted by Crippen LogP contribution is 2.24. The molecule has 0 bridgehead atoms. The highest BCUT2D eigenvalue weighted by molar-refractivity contribution is 7.86. The summed E-state index contributed by atoms with van der Waals surface area (Å²) in [5.41, 5.74) is 0.776. The van der Waals surface area contributed by atoms with Crippen LogP contribution in [-0.2, 0) is 21.5 Å². The Morgan fingerprint density at radius 1 is 1.11 bits per heavy atom. The standard InChI is InChI=1S/C19H28ClN3O3S/c1-2-17-9-5-6-13-23(17)19(24)15-22-12-7-11-21(27(22,25)26)14-16-8-3-4-10-18(16)20/h3-4,8,10,17H,2,5-7,9,11-15H2,1H3/t17-/m0/s1. The Labute approximate surface area is 167 Å². The number of halogens is 1. The smallest absolute Gasteiger partial charge is 0.282 e. The zero-order valence-corrected chi connectivity index (χ0v) is 17.4. The van der Waals surface area contributed by atoms with Gasteiger partial charge in [0.05, 0.1) is 6.54 Å². The van der Waals surface area contributed by atoms with Crippen LogP contribution in [0.15, 0.2) is 24.3 Å². The van der Waals surface area contributed by atoms with E-state index >= 15 is 0 Å². The third-order valence-corrected chi connectivity index (χ3v) is 7.80. The van der Waals surface area contributed by atoms with Crippen LogP contribution in [0.25, 0.3) is 0 Å². The summed E-state index contributed by atoms with van der Waals surface area (Å²) in [5, 5.41) is 0.556. The average molecular weight is 414 g/mol. The van der Waals surface area contributed by atoms with Crippen molar-refractivity contribution < 1.29 is 13.2 Å². The van der Waals surface area contributed by atoms with E-state index in [2.05, 4.69) is 6.92 Å². The van der Waals surface area contributed by atoms with Crippen LogP contribution in [0.4, 0.5) is 0 Å². The molecule has 2 aliphatic rings. The van der Waals surface area contributed by atoms with E-state index in [1.807, 2.05) is 23.1 Å². The average Bonchev–Trinajstić information content (AvgIpc) is 2.66. The number of likely N-dealkylation sites (tertiary alicyclic amines) is 1. The largest absolute Gasteiger partial charge is 0.339 e. The number of rotatable bonds is 5. The lowest BCUT2D eigenvalue weighted by atomic mass is 10.00. The summed E-state index contributed by atoms with van der Waals surface area (Å²) in [7, 11) is -3.68. The van der Waals surface area contributed by atoms with Crippen molar-refractivity contribution in [2.45, 2.75) is 51.6 Å². The molecule has 2 aliphatic heterocycles. The van der Waals surface area contributed by atoms with Gasteiger partial charge in [-0.1, -0.05) is 36.7 Å². The van der Waals surface area contributed by atoms with Gasteiger partial charge in [0.15, 0.2) is 0 Å². The van der Waals surface area contributed by atoms with Crippen molar-refractivity contribution in [2.24, 2.45) is 0 Å². The molecule has 0 saturated carbocycles. The first-order valence-corrected chi connectivity index (χ1v) is 11.5. The minimum absolute atomic E-state index is 0.0716. The number of piperidine rings is 1. The van der Waals surface area contributed by atoms with E-state index in [0.717, 1.165) is 37.8 Å². The lowest BCUT2D eigenvalue weighted by Gasteiger charge is -2.38. The zero-order valence-electron chi connectivity index (χ0n) is 15.8. The third-order valence-electron chi connectivity index (χ3n) is 5.50. The Morgan fingerprint density at radius 2 is 1.85 bits per heavy atom. The molecule has 0 spiro atoms. The fraction of sp³-hybridized carbons (Fsp3) is 0.632. The zero-order chi connectivity index (χ0) is 19.4. The first-order chi connectivity index (χ1) is 12.9. The minimum atomic E-state index is -3.68. The Bertz CT molecular complexity index is 771. The van der Waals surface area contributed by atoms with Crippen LogP contribution >= 0.6 is 11.6 Å². The van der Waals surface area contributed by atoms with Crippen molar-refractivity contribution >= 4 is 27.7 Å². The van der Waals surface area contributed by atoms with Gasteiger partial charge >= 0.3 is 0 Å². The highest BCUT2D eigenvalue weighted by Gasteiger charge is 2.36. The molecule has 6 nitrogen and oxygen atoms in total. The summed E-state index contributed by atoms with van der Waals surface area (Å²) in [6.07, 6.45) is 4.75. The van der Waals surface area contributed by atoms with Gasteiger partial charge < -0.3 is 4.90 Å². The molecule has 2 heterocycles. The summed E-state index contributed by atoms with van der Waals surface area (Å²) >= 11 is 6.19. The number of amides is 1. The Balaban J connectivity index is 1.70. The van der Waals surface area contributed by atoms with Crippen LogP contribution in [0.3, 0.4) is 0 Å². The Hall–Kier alpha value is -1.15. The number of benzene rings is 1. The number of hydrogen-bond acceptors (Lipinski definition) is 3. The van der Waals surface area contributed by atoms with Crippen molar-refractivity contribution in [2.75, 3.05) is 26.2 Å². The molecular weight excluding hydrogens is 386 g/mol. The number of hydrogen-bond donors (Lipinski definition) is 0. The fourth-order valence-corrected chi connectivity index (χ4v) is 5.77. The molecule has 2 fully saturated rings. The van der Waals surface area contributed by atoms with Gasteiger partial charge in [0.1, 0.15) is 0 Å². The Morgan fingerprint density at radius 3 is 2.59 bits per heavy atom. The van der Waals surface area contributed by atoms with E-state index < -0.39 is 10.2 Å². The molecule has 1 aromatic rings. The SMILES string of the molecule is CC[C@H]1CCCCN1C(=O)CN1CCCN(Cc2ccccc2Cl)S1(=O)=O. The van der Waals surface area contributed by atoms with Gasteiger partial charge in [0.2, 0.25) is 5.91 Å². The summed E-state index contributed by atoms with van der Waals surface area (Å²) in [5.74, 6) is -0.0790. The van der Waals surface area contributed by atoms with Gasteiger partial charge in [-0.15, -0.1) is 0 Å². The second kappa shape index (κ2) is 8.90. The van der Waals surface area contributed by atoms with Gasteiger partial charge in [-0.05, 0) is 43.7 Å². The second-order valence-corrected chi connectivity index (χ2v) is 9.60. The molecule has 1 atom stereocenters. The molecule has 0 N–H and O–H groups in total. The highest BCUT2D eigenvalue weighted by atomic mass is 35.5. The summed E-state index contributed by atoms with van der Waals surface area (Å²) in [6, 6.07) is 7.50. The molecule has 150 valence electrons. The first kappa shape index (κ1) is 20.6. The van der Waals surface area contributed by atoms with Gasteiger partial charge in [-0.3, -0.25) is 4.79 Å². The molecule has 3 rings (SSSR count). The maximum atomic E-state index is 13.0. The van der Waals surface area contributed by atoms with Crippen LogP contribution in [0, 0.1) is 0 Å². The molecule has 0 aliphatic carbocycles. The lowest BCUT2D eigenvalue weighted by molar-refractivity contribution is -0.135. The Kier molecular flexibility index (Phi) is 6.78. The van der Waals surface area contributed by atoms with Gasteiger partial charge in [-0.2, -0.15) is 17.0 Å². The predicted octanol–water partition coefficient (Wildman–Crippen LogP) is 2.88. The van der Waals surface area contributed by atoms with E-state index in [4.69, 9.17) is 11.6 Å². The molecule has 1 amide bonds. The number of nitrogens with zero attached hydrogens (tertiary/aromatic N) is 3. The van der Waals surface area contributed by atoms with Gasteiger partial charge in [-0.25, -0.2) is 0 Å². The monoisotopic (exact) mass is 413 g/mol. The second-order valence-electron chi connectivity index (χ2n) is 7.26. The first-order valence-electron chi connectivity index (χ1n) is 9.71. The molecule has 27 heavy (non-hydrogen) atoms. The maximum Gasteiger partial charge on any atom is 0.282 e. The molecule has 0 radical (unpaired) electrons. The van der Waals surface area contributed by atoms with E-state index in [9.17, 15) is 13.2 Å². The topological polar surface area (TPSA) is 60.9 Å². The van der Waals surface area contributed by atoms with Crippen LogP contribution in [0.1, 0.15) is 44.6 Å². The van der Waals surface area contributed by atoms with Crippen LogP contribution < -0.4 is 0 Å². The summed E-state index contributed by atoms with van der Waals surface area (Å²) in [6.45, 7) is 3.80. The summed E-state index contributed by atoms with van der Waals surface area (Å²) < 4.78 is 28.8. The minimum Gasteiger partial charge on any atom is -0.339 e. The third kappa shape index (κ3) is 4.65. The van der Waals surface area contributed by atoms with Crippen molar-refractivity contribution in [1.29, 1.82) is 0 Å². The number of carbonyl (C=O) groups excluding carboxylic acids is 1. The van der Waals surface area contributed by atoms with E-state index in [-0.39, 0.29) is 25.0 Å². The van der Waals surface area contributed by atoms with Crippen molar-refractivity contribution in [3.8, 4) is 0 Å². The van der Waals surface area contributed by atoms with E-state index in [1.165, 1.54) is 8.61 Å². The quantitative estimate of drug-likeness (QED) is 0.745. The maximum absolute atomic E-state index is 13.0. The van der Waals surface area contributed by atoms with Gasteiger partial charge in [0, 0.05) is 37.2 Å². The van der Waals surface area contributed by atoms with E-state index in [1.54, 1.807) is 6.07 Å². The molecule has 8 heteroatoms. The summed E-state index contributed by atoms with van der Waals surface area (Å²) in [4.78, 5) is 14.7. The van der Waals surface area contributed by atoms with E-state index in [0.29, 0.717) is 24.5 Å². The van der Waals surface area contributed by atoms with Crippen LogP contribution in [0.2, 0.25) is 5.02 Å². The van der Waals surface area contributed by atoms with Crippen molar-refractivity contribution in [3.63, 3.8) is 0 Å². The molecular formula is C19H28ClN3O3S. The number of carbonyl (C=O) groups is 1. The van der Waals surface area contributed by atoms with Crippen molar-refractivity contribution in [1.82, 2.24) is 13.5 Å². The fourth-order valence-electron chi connectivity index (χ4n) is 3.95. The normalized spacial score (nSPS) is 24.1. The lowest BCUT2D eigenvalue weighted by Crippen LogP contribution is -2.54. The van der Waals surface area contributed by atoms with Crippen LogP contribution in [0.5, 0.6) is 0 Å². The van der Waals surface area contributed by atoms with Gasteiger partial charge in [0.25, 0.3) is 10.2 Å². The van der Waals surface area contributed by atoms with Crippen molar-refractivity contribution in [3.05, 3.63) is 34.9 Å². The molecule has 0 unspecified atom stereocenters. The predicted molar refractivity (Wildman–Crippen MR) is 107 cm³/mol. The molecule has 1 aromatic carbocycles. The molecule has 2 saturated heterocycles. The van der Waals surface area contributed by atoms with Crippen LogP contribution in [-0.4, -0.2) is 60.1 Å². The molecule has 0 aromatic heterocycles.